The van der Waals surface area contributed by atoms with Gasteiger partial charge in [-0.2, -0.15) is 5.26 Å². The number of hydrogen-bond acceptors (Lipinski definition) is 1. The molecule has 0 heterocycles. The first-order chi connectivity index (χ1) is 9.15. The first kappa shape index (κ1) is 14.7. The van der Waals surface area contributed by atoms with Crippen LogP contribution in [0, 0.1) is 16.7 Å². The van der Waals surface area contributed by atoms with Gasteiger partial charge in [-0.25, -0.2) is 0 Å². The molecule has 0 spiro atoms. The van der Waals surface area contributed by atoms with Gasteiger partial charge in [-0.05, 0) is 37.0 Å². The highest BCUT2D eigenvalue weighted by molar-refractivity contribution is 6.42. The fraction of sp³-hybridized carbons (Fsp3) is 0.562. The Labute approximate surface area is 125 Å². The Morgan fingerprint density at radius 2 is 1.63 bits per heavy atom. The summed E-state index contributed by atoms with van der Waals surface area (Å²) in [6, 6.07) is 8.31. The van der Waals surface area contributed by atoms with Gasteiger partial charge in [-0.3, -0.25) is 0 Å². The fourth-order valence-electron chi connectivity index (χ4n) is 2.95. The summed E-state index contributed by atoms with van der Waals surface area (Å²) < 4.78 is 0. The molecule has 0 bridgehead atoms. The van der Waals surface area contributed by atoms with E-state index in [0.717, 1.165) is 37.7 Å². The van der Waals surface area contributed by atoms with E-state index in [0.29, 0.717) is 10.0 Å². The monoisotopic (exact) mass is 295 g/mol. The summed E-state index contributed by atoms with van der Waals surface area (Å²) >= 11 is 12.0. The maximum absolute atomic E-state index is 9.63. The molecule has 1 aliphatic rings. The number of benzene rings is 1. The summed E-state index contributed by atoms with van der Waals surface area (Å²) in [6.07, 6.45) is 8.95. The normalized spacial score (nSPS) is 19.2. The predicted molar refractivity (Wildman–Crippen MR) is 80.5 cm³/mol. The quantitative estimate of drug-likeness (QED) is 0.677. The maximum Gasteiger partial charge on any atom is 0.0693 e. The van der Waals surface area contributed by atoms with Gasteiger partial charge >= 0.3 is 0 Å². The molecule has 0 N–H and O–H groups in total. The van der Waals surface area contributed by atoms with E-state index in [2.05, 4.69) is 6.07 Å². The molecule has 19 heavy (non-hydrogen) atoms. The average Bonchev–Trinajstić information content (AvgIpc) is 2.37. The lowest BCUT2D eigenvalue weighted by Gasteiger charge is -2.28. The highest BCUT2D eigenvalue weighted by atomic mass is 35.5. The Hall–Kier alpha value is -0.710. The average molecular weight is 296 g/mol. The number of nitrogens with zero attached hydrogens (tertiary/aromatic N) is 1. The highest BCUT2D eigenvalue weighted by Crippen LogP contribution is 2.37. The van der Waals surface area contributed by atoms with Crippen molar-refractivity contribution in [2.24, 2.45) is 5.41 Å². The minimum atomic E-state index is -0.211. The molecule has 2 rings (SSSR count). The van der Waals surface area contributed by atoms with E-state index in [1.165, 1.54) is 19.3 Å². The van der Waals surface area contributed by atoms with Gasteiger partial charge < -0.3 is 0 Å². The van der Waals surface area contributed by atoms with Gasteiger partial charge in [0.05, 0.1) is 21.5 Å². The molecule has 0 amide bonds. The van der Waals surface area contributed by atoms with Crippen LogP contribution >= 0.6 is 23.2 Å². The van der Waals surface area contributed by atoms with Crippen molar-refractivity contribution in [2.75, 3.05) is 0 Å². The summed E-state index contributed by atoms with van der Waals surface area (Å²) in [4.78, 5) is 0. The van der Waals surface area contributed by atoms with Crippen LogP contribution < -0.4 is 0 Å². The molecule has 3 heteroatoms. The summed E-state index contributed by atoms with van der Waals surface area (Å²) in [5, 5.41) is 10.8. The van der Waals surface area contributed by atoms with E-state index in [1.54, 1.807) is 0 Å². The van der Waals surface area contributed by atoms with Gasteiger partial charge in [-0.1, -0.05) is 61.4 Å². The zero-order valence-electron chi connectivity index (χ0n) is 11.1. The molecular formula is C16H19Cl2N. The third-order valence-corrected chi connectivity index (χ3v) is 4.81. The van der Waals surface area contributed by atoms with Crippen molar-refractivity contribution in [2.45, 2.75) is 51.4 Å². The van der Waals surface area contributed by atoms with Crippen molar-refractivity contribution in [3.63, 3.8) is 0 Å². The molecule has 102 valence electrons. The topological polar surface area (TPSA) is 23.8 Å². The minimum Gasteiger partial charge on any atom is -0.198 e. The van der Waals surface area contributed by atoms with Gasteiger partial charge in [0.25, 0.3) is 0 Å². The van der Waals surface area contributed by atoms with Crippen LogP contribution in [0.1, 0.15) is 50.5 Å². The standard InChI is InChI=1S/C16H19Cl2N/c17-14-7-6-13(10-15(14)18)11-16(12-19)8-4-2-1-3-5-9-16/h6-7,10H,1-5,8-9,11H2. The van der Waals surface area contributed by atoms with Crippen LogP contribution in [0.3, 0.4) is 0 Å². The Morgan fingerprint density at radius 3 is 2.21 bits per heavy atom. The molecule has 1 aromatic rings. The Balaban J connectivity index is 2.16. The van der Waals surface area contributed by atoms with Crippen molar-refractivity contribution in [1.29, 1.82) is 5.26 Å². The van der Waals surface area contributed by atoms with Crippen molar-refractivity contribution < 1.29 is 0 Å². The van der Waals surface area contributed by atoms with Crippen LogP contribution in [0.25, 0.3) is 0 Å². The summed E-state index contributed by atoms with van der Waals surface area (Å²) in [5.41, 5.74) is 0.911. The predicted octanol–water partition coefficient (Wildman–Crippen LogP) is 5.79. The van der Waals surface area contributed by atoms with Crippen LogP contribution in [0.4, 0.5) is 0 Å². The van der Waals surface area contributed by atoms with Crippen molar-refractivity contribution in [1.82, 2.24) is 0 Å². The highest BCUT2D eigenvalue weighted by Gasteiger charge is 2.30. The zero-order valence-corrected chi connectivity index (χ0v) is 12.6. The van der Waals surface area contributed by atoms with E-state index in [9.17, 15) is 5.26 Å². The Kier molecular flexibility index (Phi) is 5.13. The molecule has 1 saturated carbocycles. The molecule has 0 unspecified atom stereocenters. The number of rotatable bonds is 2. The van der Waals surface area contributed by atoms with E-state index in [4.69, 9.17) is 23.2 Å². The first-order valence-corrected chi connectivity index (χ1v) is 7.76. The van der Waals surface area contributed by atoms with E-state index in [1.807, 2.05) is 18.2 Å². The third kappa shape index (κ3) is 3.88. The van der Waals surface area contributed by atoms with Crippen LogP contribution in [0.5, 0.6) is 0 Å². The van der Waals surface area contributed by atoms with Crippen LogP contribution in [0.2, 0.25) is 10.0 Å². The summed E-state index contributed by atoms with van der Waals surface area (Å²) in [7, 11) is 0. The second-order valence-corrected chi connectivity index (χ2v) is 6.40. The molecule has 0 saturated heterocycles. The van der Waals surface area contributed by atoms with Crippen molar-refractivity contribution in [3.05, 3.63) is 33.8 Å². The lowest BCUT2D eigenvalue weighted by molar-refractivity contribution is 0.287. The van der Waals surface area contributed by atoms with Crippen molar-refractivity contribution >= 4 is 23.2 Å². The summed E-state index contributed by atoms with van der Waals surface area (Å²) in [6.45, 7) is 0. The summed E-state index contributed by atoms with van der Waals surface area (Å²) in [5.74, 6) is 0. The maximum atomic E-state index is 9.63. The number of halogens is 2. The van der Waals surface area contributed by atoms with Gasteiger partial charge in [0.2, 0.25) is 0 Å². The molecule has 0 aliphatic heterocycles. The molecule has 0 aromatic heterocycles. The molecule has 1 fully saturated rings. The molecule has 1 nitrogen and oxygen atoms in total. The Bertz CT molecular complexity index is 468. The van der Waals surface area contributed by atoms with E-state index in [-0.39, 0.29) is 5.41 Å². The lowest BCUT2D eigenvalue weighted by atomic mass is 9.73. The van der Waals surface area contributed by atoms with Gasteiger partial charge in [0.1, 0.15) is 0 Å². The van der Waals surface area contributed by atoms with Crippen LogP contribution in [-0.2, 0) is 6.42 Å². The van der Waals surface area contributed by atoms with Gasteiger partial charge in [-0.15, -0.1) is 0 Å². The molecular weight excluding hydrogens is 277 g/mol. The molecule has 0 atom stereocenters. The van der Waals surface area contributed by atoms with Crippen LogP contribution in [-0.4, -0.2) is 0 Å². The number of hydrogen-bond donors (Lipinski definition) is 0. The lowest BCUT2D eigenvalue weighted by Crippen LogP contribution is -2.23. The first-order valence-electron chi connectivity index (χ1n) is 7.00. The smallest absolute Gasteiger partial charge is 0.0693 e. The minimum absolute atomic E-state index is 0.211. The largest absolute Gasteiger partial charge is 0.198 e. The van der Waals surface area contributed by atoms with E-state index < -0.39 is 0 Å². The molecule has 1 aliphatic carbocycles. The van der Waals surface area contributed by atoms with Gasteiger partial charge in [0.15, 0.2) is 0 Å². The Morgan fingerprint density at radius 1 is 1.00 bits per heavy atom. The van der Waals surface area contributed by atoms with Crippen LogP contribution in [0.15, 0.2) is 18.2 Å². The molecule has 0 radical (unpaired) electrons. The van der Waals surface area contributed by atoms with Crippen molar-refractivity contribution in [3.8, 4) is 6.07 Å². The second kappa shape index (κ2) is 6.64. The second-order valence-electron chi connectivity index (χ2n) is 5.59. The SMILES string of the molecule is N#CC1(Cc2ccc(Cl)c(Cl)c2)CCCCCCC1. The number of nitriles is 1. The van der Waals surface area contributed by atoms with Gasteiger partial charge in [0, 0.05) is 0 Å². The molecule has 1 aromatic carbocycles. The van der Waals surface area contributed by atoms with E-state index >= 15 is 0 Å². The fourth-order valence-corrected chi connectivity index (χ4v) is 3.27. The zero-order chi connectivity index (χ0) is 13.7. The third-order valence-electron chi connectivity index (χ3n) is 4.07.